The molecule has 7 nitrogen and oxygen atoms in total. The Kier molecular flexibility index (Phi) is 4.01. The van der Waals surface area contributed by atoms with E-state index in [4.69, 9.17) is 9.47 Å². The first-order chi connectivity index (χ1) is 14.0. The summed E-state index contributed by atoms with van der Waals surface area (Å²) in [5, 5.41) is 7.05. The van der Waals surface area contributed by atoms with Crippen LogP contribution >= 0.6 is 0 Å². The highest BCUT2D eigenvalue weighted by Gasteiger charge is 2.44. The summed E-state index contributed by atoms with van der Waals surface area (Å²) in [7, 11) is 0. The van der Waals surface area contributed by atoms with Gasteiger partial charge in [0.2, 0.25) is 5.82 Å². The summed E-state index contributed by atoms with van der Waals surface area (Å²) in [5.74, 6) is 0.546. The van der Waals surface area contributed by atoms with Gasteiger partial charge in [0, 0.05) is 24.6 Å². The smallest absolute Gasteiger partial charge is 0.295 e. The minimum atomic E-state index is -0.544. The van der Waals surface area contributed by atoms with Crippen LogP contribution in [0.4, 0.5) is 10.1 Å². The van der Waals surface area contributed by atoms with Crippen LogP contribution in [0.25, 0.3) is 5.69 Å². The van der Waals surface area contributed by atoms with Crippen molar-refractivity contribution in [1.82, 2.24) is 14.8 Å². The first-order valence-corrected chi connectivity index (χ1v) is 9.54. The lowest BCUT2D eigenvalue weighted by Gasteiger charge is -2.21. The van der Waals surface area contributed by atoms with Crippen molar-refractivity contribution in [2.24, 2.45) is 0 Å². The van der Waals surface area contributed by atoms with Crippen LogP contribution in [0.15, 0.2) is 42.5 Å². The second kappa shape index (κ2) is 6.58. The maximum atomic E-state index is 13.1. The average molecular weight is 394 g/mol. The third kappa shape index (κ3) is 3.20. The van der Waals surface area contributed by atoms with Gasteiger partial charge in [-0.25, -0.2) is 14.1 Å². The zero-order valence-electron chi connectivity index (χ0n) is 15.8. The van der Waals surface area contributed by atoms with Gasteiger partial charge in [0.1, 0.15) is 11.6 Å². The molecule has 1 fully saturated rings. The predicted octanol–water partition coefficient (Wildman–Crippen LogP) is 4.01. The molecule has 1 aromatic heterocycles. The Morgan fingerprint density at radius 1 is 1.10 bits per heavy atom. The number of hydrogen-bond acceptors (Lipinski definition) is 5. The molecule has 0 unspecified atom stereocenters. The molecule has 1 saturated carbocycles. The lowest BCUT2D eigenvalue weighted by molar-refractivity contribution is -0.0716. The SMILES string of the molecule is Cc1nc(C(=O)Nc2ccc3c(c2)OC2(CCCC2)O3)nn1-c1ccc(F)cc1. The third-order valence-electron chi connectivity index (χ3n) is 5.20. The van der Waals surface area contributed by atoms with Gasteiger partial charge < -0.3 is 14.8 Å². The Bertz CT molecular complexity index is 1090. The standard InChI is InChI=1S/C21H19FN4O3/c1-13-23-19(25-26(13)16-7-4-14(22)5-8-16)20(27)24-15-6-9-17-18(12-15)29-21(28-17)10-2-3-11-21/h4-9,12H,2-3,10-11H2,1H3,(H,24,27). The molecule has 5 rings (SSSR count). The van der Waals surface area contributed by atoms with E-state index in [0.717, 1.165) is 25.7 Å². The molecule has 1 amide bonds. The molecule has 29 heavy (non-hydrogen) atoms. The molecule has 0 atom stereocenters. The van der Waals surface area contributed by atoms with Gasteiger partial charge in [0.05, 0.1) is 5.69 Å². The fourth-order valence-electron chi connectivity index (χ4n) is 3.79. The summed E-state index contributed by atoms with van der Waals surface area (Å²) in [4.78, 5) is 16.9. The van der Waals surface area contributed by atoms with E-state index in [1.54, 1.807) is 37.3 Å². The van der Waals surface area contributed by atoms with Crippen LogP contribution in [0, 0.1) is 12.7 Å². The van der Waals surface area contributed by atoms with Crippen LogP contribution in [0.5, 0.6) is 11.5 Å². The van der Waals surface area contributed by atoms with Crippen LogP contribution in [0.2, 0.25) is 0 Å². The summed E-state index contributed by atoms with van der Waals surface area (Å²) < 4.78 is 26.7. The number of benzene rings is 2. The lowest BCUT2D eigenvalue weighted by Crippen LogP contribution is -2.34. The minimum absolute atomic E-state index is 0.0248. The number of ether oxygens (including phenoxy) is 2. The van der Waals surface area contributed by atoms with E-state index < -0.39 is 11.7 Å². The Morgan fingerprint density at radius 3 is 2.59 bits per heavy atom. The highest BCUT2D eigenvalue weighted by Crippen LogP contribution is 2.47. The second-order valence-corrected chi connectivity index (χ2v) is 7.31. The van der Waals surface area contributed by atoms with Gasteiger partial charge >= 0.3 is 0 Å². The van der Waals surface area contributed by atoms with Gasteiger partial charge in [-0.05, 0) is 56.2 Å². The highest BCUT2D eigenvalue weighted by molar-refractivity contribution is 6.01. The predicted molar refractivity (Wildman–Crippen MR) is 103 cm³/mol. The molecule has 3 aromatic rings. The minimum Gasteiger partial charge on any atom is -0.448 e. The van der Waals surface area contributed by atoms with Crippen LogP contribution in [-0.4, -0.2) is 26.5 Å². The molecular weight excluding hydrogens is 375 g/mol. The molecular formula is C21H19FN4O3. The molecule has 2 heterocycles. The topological polar surface area (TPSA) is 78.3 Å². The Labute approximate surface area is 166 Å². The van der Waals surface area contributed by atoms with Crippen molar-refractivity contribution in [1.29, 1.82) is 0 Å². The molecule has 0 radical (unpaired) electrons. The fourth-order valence-corrected chi connectivity index (χ4v) is 3.79. The number of aryl methyl sites for hydroxylation is 1. The molecule has 148 valence electrons. The van der Waals surface area contributed by atoms with Crippen molar-refractivity contribution < 1.29 is 18.7 Å². The number of halogens is 1. The van der Waals surface area contributed by atoms with Crippen molar-refractivity contribution >= 4 is 11.6 Å². The van der Waals surface area contributed by atoms with Crippen molar-refractivity contribution in [3.05, 3.63) is 59.9 Å². The Hall–Kier alpha value is -3.42. The highest BCUT2D eigenvalue weighted by atomic mass is 19.1. The van der Waals surface area contributed by atoms with Crippen LogP contribution in [0.3, 0.4) is 0 Å². The number of aromatic nitrogens is 3. The average Bonchev–Trinajstić information content (AvgIpc) is 3.41. The maximum Gasteiger partial charge on any atom is 0.295 e. The Morgan fingerprint density at radius 2 is 1.83 bits per heavy atom. The van der Waals surface area contributed by atoms with Crippen molar-refractivity contribution in [2.45, 2.75) is 38.4 Å². The monoisotopic (exact) mass is 394 g/mol. The van der Waals surface area contributed by atoms with E-state index in [2.05, 4.69) is 15.4 Å². The molecule has 8 heteroatoms. The number of rotatable bonds is 3. The zero-order valence-corrected chi connectivity index (χ0v) is 15.8. The lowest BCUT2D eigenvalue weighted by atomic mass is 10.2. The van der Waals surface area contributed by atoms with Crippen molar-refractivity contribution in [2.75, 3.05) is 5.32 Å². The van der Waals surface area contributed by atoms with Gasteiger partial charge in [-0.1, -0.05) is 0 Å². The van der Waals surface area contributed by atoms with Crippen LogP contribution in [-0.2, 0) is 0 Å². The normalized spacial score (nSPS) is 16.3. The van der Waals surface area contributed by atoms with Crippen LogP contribution < -0.4 is 14.8 Å². The molecule has 2 aromatic carbocycles. The molecule has 1 aliphatic heterocycles. The van der Waals surface area contributed by atoms with Gasteiger partial charge in [-0.3, -0.25) is 4.79 Å². The summed E-state index contributed by atoms with van der Waals surface area (Å²) in [5.41, 5.74) is 1.20. The molecule has 1 aliphatic carbocycles. The van der Waals surface area contributed by atoms with E-state index in [1.165, 1.54) is 16.8 Å². The summed E-state index contributed by atoms with van der Waals surface area (Å²) in [6, 6.07) is 11.1. The number of carbonyl (C=O) groups excluding carboxylic acids is 1. The van der Waals surface area contributed by atoms with Gasteiger partial charge in [-0.15, -0.1) is 5.10 Å². The number of carbonyl (C=O) groups is 1. The number of anilines is 1. The number of nitrogens with one attached hydrogen (secondary N) is 1. The van der Waals surface area contributed by atoms with Gasteiger partial charge in [-0.2, -0.15) is 0 Å². The maximum absolute atomic E-state index is 13.1. The first kappa shape index (κ1) is 17.7. The fraction of sp³-hybridized carbons (Fsp3) is 0.286. The number of hydrogen-bond donors (Lipinski definition) is 1. The van der Waals surface area contributed by atoms with Crippen molar-refractivity contribution in [3.8, 4) is 17.2 Å². The van der Waals surface area contributed by atoms with Gasteiger partial charge in [0.25, 0.3) is 11.7 Å². The largest absolute Gasteiger partial charge is 0.448 e. The summed E-state index contributed by atoms with van der Waals surface area (Å²) in [6.45, 7) is 1.73. The van der Waals surface area contributed by atoms with Crippen molar-refractivity contribution in [3.63, 3.8) is 0 Å². The number of fused-ring (bicyclic) bond motifs is 1. The summed E-state index contributed by atoms with van der Waals surface area (Å²) in [6.07, 6.45) is 3.90. The molecule has 1 spiro atoms. The third-order valence-corrected chi connectivity index (χ3v) is 5.20. The number of amides is 1. The summed E-state index contributed by atoms with van der Waals surface area (Å²) >= 11 is 0. The number of nitrogens with zero attached hydrogens (tertiary/aromatic N) is 3. The first-order valence-electron chi connectivity index (χ1n) is 9.54. The molecule has 0 saturated heterocycles. The van der Waals surface area contributed by atoms with E-state index >= 15 is 0 Å². The quantitative estimate of drug-likeness (QED) is 0.726. The second-order valence-electron chi connectivity index (χ2n) is 7.31. The van der Waals surface area contributed by atoms with E-state index in [9.17, 15) is 9.18 Å². The van der Waals surface area contributed by atoms with E-state index in [1.807, 2.05) is 0 Å². The van der Waals surface area contributed by atoms with Crippen LogP contribution in [0.1, 0.15) is 42.1 Å². The van der Waals surface area contributed by atoms with E-state index in [0.29, 0.717) is 28.7 Å². The molecule has 1 N–H and O–H groups in total. The van der Waals surface area contributed by atoms with Gasteiger partial charge in [0.15, 0.2) is 11.5 Å². The Balaban J connectivity index is 1.34. The molecule has 0 bridgehead atoms. The zero-order chi connectivity index (χ0) is 20.0. The van der Waals surface area contributed by atoms with E-state index in [-0.39, 0.29) is 11.6 Å². The molecule has 2 aliphatic rings.